The van der Waals surface area contributed by atoms with Crippen LogP contribution in [0, 0.1) is 0 Å². The summed E-state index contributed by atoms with van der Waals surface area (Å²) in [6.07, 6.45) is 5.55. The molecule has 0 fully saturated rings. The van der Waals surface area contributed by atoms with E-state index in [-0.39, 0.29) is 11.3 Å². The maximum absolute atomic E-state index is 11.4. The van der Waals surface area contributed by atoms with Crippen molar-refractivity contribution in [1.29, 1.82) is 0 Å². The van der Waals surface area contributed by atoms with E-state index in [4.69, 9.17) is 0 Å². The Hall–Kier alpha value is -0.800. The summed E-state index contributed by atoms with van der Waals surface area (Å²) in [4.78, 5) is 11.4. The monoisotopic (exact) mass is 318 g/mol. The van der Waals surface area contributed by atoms with Gasteiger partial charge in [-0.1, -0.05) is 17.9 Å². The minimum atomic E-state index is -2.05. The summed E-state index contributed by atoms with van der Waals surface area (Å²) in [6, 6.07) is 1.04. The van der Waals surface area contributed by atoms with E-state index in [1.54, 1.807) is 25.5 Å². The Kier molecular flexibility index (Phi) is 4.78. The first-order valence-corrected chi connectivity index (χ1v) is 8.63. The molecule has 0 aromatic carbocycles. The minimum absolute atomic E-state index is 0.318. The lowest BCUT2D eigenvalue weighted by Crippen LogP contribution is -2.19. The first-order valence-electron chi connectivity index (χ1n) is 5.05. The van der Waals surface area contributed by atoms with Crippen LogP contribution in [0.2, 0.25) is 0 Å². The van der Waals surface area contributed by atoms with Crippen molar-refractivity contribution in [2.24, 2.45) is 0 Å². The predicted octanol–water partition coefficient (Wildman–Crippen LogP) is 1.86. The van der Waals surface area contributed by atoms with Crippen molar-refractivity contribution in [2.75, 3.05) is 19.5 Å². The van der Waals surface area contributed by atoms with E-state index in [0.29, 0.717) is 17.2 Å². The van der Waals surface area contributed by atoms with Gasteiger partial charge < -0.3 is 14.2 Å². The highest BCUT2D eigenvalue weighted by atomic mass is 79.9. The fourth-order valence-electron chi connectivity index (χ4n) is 1.19. The molecule has 0 spiro atoms. The van der Waals surface area contributed by atoms with Gasteiger partial charge >= 0.3 is 0 Å². The largest absolute Gasteiger partial charge is 0.872 e. The normalized spacial score (nSPS) is 12.2. The quantitative estimate of drug-likeness (QED) is 0.629. The smallest absolute Gasteiger partial charge is 0.250 e. The Bertz CT molecular complexity index is 530. The van der Waals surface area contributed by atoms with Crippen LogP contribution in [0.1, 0.15) is 0 Å². The van der Waals surface area contributed by atoms with Crippen LogP contribution in [-0.4, -0.2) is 24.1 Å². The van der Waals surface area contributed by atoms with Gasteiger partial charge in [0.05, 0.1) is 7.14 Å². The van der Waals surface area contributed by atoms with Crippen molar-refractivity contribution in [2.45, 2.75) is 6.54 Å². The number of halogens is 1. The van der Waals surface area contributed by atoms with Gasteiger partial charge in [0.2, 0.25) is 5.56 Å². The fourth-order valence-corrected chi connectivity index (χ4v) is 2.21. The Labute approximate surface area is 108 Å². The van der Waals surface area contributed by atoms with Gasteiger partial charge in [-0.05, 0) is 35.3 Å². The van der Waals surface area contributed by atoms with Gasteiger partial charge in [0.25, 0.3) is 0 Å². The van der Waals surface area contributed by atoms with E-state index < -0.39 is 7.14 Å². The lowest BCUT2D eigenvalue weighted by atomic mass is 10.4. The van der Waals surface area contributed by atoms with E-state index in [9.17, 15) is 14.5 Å². The second kappa shape index (κ2) is 5.69. The summed E-state index contributed by atoms with van der Waals surface area (Å²) in [7, 11) is -2.05. The van der Waals surface area contributed by atoms with Crippen molar-refractivity contribution >= 4 is 23.1 Å². The molecule has 94 valence electrons. The van der Waals surface area contributed by atoms with Crippen LogP contribution in [0.5, 0.6) is 5.75 Å². The third-order valence-corrected chi connectivity index (χ3v) is 3.74. The molecule has 0 N–H and O–H groups in total. The van der Waals surface area contributed by atoms with Crippen LogP contribution in [0.25, 0.3) is 0 Å². The van der Waals surface area contributed by atoms with Gasteiger partial charge in [-0.2, -0.15) is 0 Å². The number of nitrogens with zero attached hydrogens (tertiary/aromatic N) is 1. The maximum Gasteiger partial charge on any atom is 0.250 e. The summed E-state index contributed by atoms with van der Waals surface area (Å²) < 4.78 is 13.2. The Morgan fingerprint density at radius 2 is 2.12 bits per heavy atom. The Balaban J connectivity index is 2.74. The van der Waals surface area contributed by atoms with Gasteiger partial charge in [0.15, 0.2) is 0 Å². The first kappa shape index (κ1) is 14.3. The third kappa shape index (κ3) is 4.92. The molecule has 0 aliphatic rings. The maximum atomic E-state index is 11.4. The molecule has 17 heavy (non-hydrogen) atoms. The molecule has 1 heterocycles. The summed E-state index contributed by atoms with van der Waals surface area (Å²) >= 11 is 3.08. The lowest BCUT2D eigenvalue weighted by molar-refractivity contribution is -0.269. The van der Waals surface area contributed by atoms with Crippen molar-refractivity contribution in [3.63, 3.8) is 0 Å². The summed E-state index contributed by atoms with van der Waals surface area (Å²) in [6.45, 7) is 3.80. The van der Waals surface area contributed by atoms with Crippen LogP contribution in [0.15, 0.2) is 33.7 Å². The molecule has 0 radical (unpaired) electrons. The van der Waals surface area contributed by atoms with Gasteiger partial charge in [0, 0.05) is 23.4 Å². The van der Waals surface area contributed by atoms with Gasteiger partial charge in [0.1, 0.15) is 0 Å². The van der Waals surface area contributed by atoms with Crippen molar-refractivity contribution in [3.05, 3.63) is 39.2 Å². The molecule has 0 saturated heterocycles. The molecule has 0 bridgehead atoms. The van der Waals surface area contributed by atoms with E-state index in [2.05, 4.69) is 15.9 Å². The number of rotatable bonds is 4. The molecule has 0 atom stereocenters. The van der Waals surface area contributed by atoms with Crippen LogP contribution in [-0.2, 0) is 11.1 Å². The Morgan fingerprint density at radius 1 is 1.47 bits per heavy atom. The summed E-state index contributed by atoms with van der Waals surface area (Å²) in [5, 5.41) is 11.1. The number of hydrogen-bond acceptors (Lipinski definition) is 3. The number of hydrogen-bond donors (Lipinski definition) is 0. The van der Waals surface area contributed by atoms with Crippen molar-refractivity contribution < 1.29 is 9.67 Å². The number of pyridine rings is 1. The first-order chi connectivity index (χ1) is 7.79. The van der Waals surface area contributed by atoms with E-state index in [0.717, 1.165) is 6.07 Å². The highest BCUT2D eigenvalue weighted by Gasteiger charge is 2.02. The molecule has 1 aromatic heterocycles. The Morgan fingerprint density at radius 3 is 2.71 bits per heavy atom. The van der Waals surface area contributed by atoms with Gasteiger partial charge in [-0.15, -0.1) is 0 Å². The van der Waals surface area contributed by atoms with E-state index in [1.165, 1.54) is 10.8 Å². The highest BCUT2D eigenvalue weighted by Crippen LogP contribution is 2.35. The van der Waals surface area contributed by atoms with Crippen LogP contribution in [0.3, 0.4) is 0 Å². The zero-order chi connectivity index (χ0) is 13.1. The molecular formula is C11H14BrNO3P-. The molecule has 1 aromatic rings. The average Bonchev–Trinajstić information content (AvgIpc) is 2.18. The lowest BCUT2D eigenvalue weighted by Gasteiger charge is -2.10. The highest BCUT2D eigenvalue weighted by molar-refractivity contribution is 9.10. The molecule has 6 heteroatoms. The molecule has 1 rings (SSSR count). The zero-order valence-corrected chi connectivity index (χ0v) is 12.2. The van der Waals surface area contributed by atoms with E-state index >= 15 is 0 Å². The third-order valence-electron chi connectivity index (χ3n) is 2.06. The minimum Gasteiger partial charge on any atom is -0.872 e. The molecule has 4 nitrogen and oxygen atoms in total. The second-order valence-electron chi connectivity index (χ2n) is 4.20. The second-order valence-corrected chi connectivity index (χ2v) is 8.57. The number of allylic oxidation sites excluding steroid dienone is 2. The average molecular weight is 319 g/mol. The van der Waals surface area contributed by atoms with Crippen molar-refractivity contribution in [1.82, 2.24) is 4.57 Å². The SMILES string of the molecule is CP(C)(=O)C/C=C/Cn1cc(Br)c([O-])cc1=O. The molecule has 0 unspecified atom stereocenters. The fraction of sp³-hybridized carbons (Fsp3) is 0.364. The summed E-state index contributed by atoms with van der Waals surface area (Å²) in [5.74, 6) is -0.318. The molecule has 0 aliphatic carbocycles. The van der Waals surface area contributed by atoms with Gasteiger partial charge in [-0.3, -0.25) is 4.79 Å². The zero-order valence-electron chi connectivity index (χ0n) is 9.72. The topological polar surface area (TPSA) is 62.1 Å². The van der Waals surface area contributed by atoms with Crippen LogP contribution >= 0.6 is 23.1 Å². The van der Waals surface area contributed by atoms with Gasteiger partial charge in [-0.25, -0.2) is 0 Å². The predicted molar refractivity (Wildman–Crippen MR) is 71.3 cm³/mol. The molecular weight excluding hydrogens is 305 g/mol. The summed E-state index contributed by atoms with van der Waals surface area (Å²) in [5.41, 5.74) is -0.334. The van der Waals surface area contributed by atoms with Crippen molar-refractivity contribution in [3.8, 4) is 5.75 Å². The molecule has 0 aliphatic heterocycles. The van der Waals surface area contributed by atoms with Crippen LogP contribution < -0.4 is 10.7 Å². The standard InChI is InChI=1S/C11H15BrNO3P/c1-17(2,16)6-4-3-5-13-8-9(12)10(14)7-11(13)15/h3-4,7-8,14H,5-6H2,1-2H3/p-1/b4-3+. The molecule has 0 saturated carbocycles. The molecule has 0 amide bonds. The van der Waals surface area contributed by atoms with E-state index in [1.807, 2.05) is 0 Å². The number of aromatic nitrogens is 1. The van der Waals surface area contributed by atoms with Crippen LogP contribution in [0.4, 0.5) is 0 Å².